The average molecular weight is 494 g/mol. The van der Waals surface area contributed by atoms with Gasteiger partial charge >= 0.3 is 12.1 Å². The lowest BCUT2D eigenvalue weighted by atomic mass is 10.2. The van der Waals surface area contributed by atoms with Crippen LogP contribution in [0.3, 0.4) is 0 Å². The van der Waals surface area contributed by atoms with E-state index in [2.05, 4.69) is 25.3 Å². The molecule has 0 fully saturated rings. The molecule has 1 aromatic carbocycles. The van der Waals surface area contributed by atoms with Crippen molar-refractivity contribution in [2.24, 2.45) is 0 Å². The zero-order chi connectivity index (χ0) is 24.5. The van der Waals surface area contributed by atoms with Crippen molar-refractivity contribution in [2.75, 3.05) is 0 Å². The molecule has 0 radical (unpaired) electrons. The average Bonchev–Trinajstić information content (AvgIpc) is 3.46. The van der Waals surface area contributed by atoms with Crippen LogP contribution in [0.5, 0.6) is 5.75 Å². The number of thiazole rings is 1. The van der Waals surface area contributed by atoms with E-state index >= 15 is 0 Å². The van der Waals surface area contributed by atoms with Crippen molar-refractivity contribution in [2.45, 2.75) is 33.3 Å². The number of alkyl halides is 3. The van der Waals surface area contributed by atoms with E-state index in [4.69, 9.17) is 4.52 Å². The second-order valence-electron chi connectivity index (χ2n) is 7.16. The number of amides is 1. The lowest BCUT2D eigenvalue weighted by Crippen LogP contribution is -2.24. The summed E-state index contributed by atoms with van der Waals surface area (Å²) in [5.41, 5.74) is 1.03. The Morgan fingerprint density at radius 1 is 1.24 bits per heavy atom. The Labute approximate surface area is 193 Å². The highest BCUT2D eigenvalue weighted by Gasteiger charge is 2.31. The zero-order valence-electron chi connectivity index (χ0n) is 17.8. The summed E-state index contributed by atoms with van der Waals surface area (Å²) in [6.07, 6.45) is -3.52. The first kappa shape index (κ1) is 23.2. The first-order valence-electron chi connectivity index (χ1n) is 9.76. The smallest absolute Gasteiger partial charge is 0.406 e. The van der Waals surface area contributed by atoms with E-state index < -0.39 is 12.1 Å². The van der Waals surface area contributed by atoms with Gasteiger partial charge in [-0.25, -0.2) is 19.0 Å². The summed E-state index contributed by atoms with van der Waals surface area (Å²) in [5.74, 6) is -0.108. The highest BCUT2D eigenvalue weighted by Crippen LogP contribution is 2.23. The van der Waals surface area contributed by atoms with Gasteiger partial charge in [0.05, 0.1) is 18.8 Å². The molecular formula is C20H17F3N6O4S. The van der Waals surface area contributed by atoms with Crippen LogP contribution in [-0.4, -0.2) is 36.8 Å². The summed E-state index contributed by atoms with van der Waals surface area (Å²) in [6.45, 7) is 3.59. The van der Waals surface area contributed by atoms with Crippen LogP contribution < -0.4 is 15.7 Å². The number of hydrogen-bond acceptors (Lipinski definition) is 8. The summed E-state index contributed by atoms with van der Waals surface area (Å²) in [6, 6.07) is 6.81. The second-order valence-corrected chi connectivity index (χ2v) is 8.13. The van der Waals surface area contributed by atoms with E-state index in [0.717, 1.165) is 28.2 Å². The molecule has 1 amide bonds. The third kappa shape index (κ3) is 5.33. The largest absolute Gasteiger partial charge is 0.573 e. The Morgan fingerprint density at radius 3 is 2.62 bits per heavy atom. The Hall–Kier alpha value is -3.94. The molecule has 0 aliphatic heterocycles. The molecule has 0 unspecified atom stereocenters. The van der Waals surface area contributed by atoms with Crippen molar-refractivity contribution >= 4 is 17.2 Å². The van der Waals surface area contributed by atoms with Crippen LogP contribution in [0.1, 0.15) is 32.4 Å². The fourth-order valence-electron chi connectivity index (χ4n) is 2.99. The van der Waals surface area contributed by atoms with Gasteiger partial charge in [-0.2, -0.15) is 5.10 Å². The topological polar surface area (TPSA) is 117 Å². The van der Waals surface area contributed by atoms with E-state index in [-0.39, 0.29) is 29.9 Å². The number of hydrogen-bond donors (Lipinski definition) is 1. The Balaban J connectivity index is 1.46. The number of rotatable bonds is 7. The molecule has 14 heteroatoms. The predicted molar refractivity (Wildman–Crippen MR) is 113 cm³/mol. The fourth-order valence-corrected chi connectivity index (χ4v) is 3.94. The van der Waals surface area contributed by atoms with Crippen LogP contribution >= 0.6 is 11.3 Å². The third-order valence-corrected chi connectivity index (χ3v) is 5.68. The normalized spacial score (nSPS) is 11.6. The first-order valence-corrected chi connectivity index (χ1v) is 10.6. The molecule has 0 spiro atoms. The molecule has 1 N–H and O–H groups in total. The molecule has 0 atom stereocenters. The van der Waals surface area contributed by atoms with E-state index in [1.54, 1.807) is 19.9 Å². The van der Waals surface area contributed by atoms with Crippen LogP contribution in [0.15, 0.2) is 46.0 Å². The summed E-state index contributed by atoms with van der Waals surface area (Å²) < 4.78 is 48.0. The molecule has 0 aliphatic rings. The number of aryl methyl sites for hydroxylation is 2. The number of carbonyl (C=O) groups excluding carboxylic acids is 1. The van der Waals surface area contributed by atoms with Gasteiger partial charge < -0.3 is 14.6 Å². The lowest BCUT2D eigenvalue weighted by molar-refractivity contribution is -0.274. The molecule has 0 saturated heterocycles. The van der Waals surface area contributed by atoms with Gasteiger partial charge in [0.1, 0.15) is 28.4 Å². The highest BCUT2D eigenvalue weighted by molar-refractivity contribution is 7.16. The maximum Gasteiger partial charge on any atom is 0.573 e. The Kier molecular flexibility index (Phi) is 6.24. The second kappa shape index (κ2) is 9.13. The minimum atomic E-state index is -4.78. The van der Waals surface area contributed by atoms with Crippen molar-refractivity contribution in [3.63, 3.8) is 0 Å². The number of nitrogens with zero attached hydrogens (tertiary/aromatic N) is 5. The van der Waals surface area contributed by atoms with Crippen LogP contribution in [0, 0.1) is 13.8 Å². The van der Waals surface area contributed by atoms with Gasteiger partial charge in [0.25, 0.3) is 5.91 Å². The van der Waals surface area contributed by atoms with Gasteiger partial charge in [-0.15, -0.1) is 13.2 Å². The molecule has 4 aromatic rings. The molecule has 34 heavy (non-hydrogen) atoms. The van der Waals surface area contributed by atoms with E-state index in [1.165, 1.54) is 23.0 Å². The molecule has 3 heterocycles. The van der Waals surface area contributed by atoms with Crippen molar-refractivity contribution < 1.29 is 27.2 Å². The molecule has 3 aromatic heterocycles. The summed E-state index contributed by atoms with van der Waals surface area (Å²) in [4.78, 5) is 29.9. The van der Waals surface area contributed by atoms with Gasteiger partial charge in [-0.1, -0.05) is 28.6 Å². The first-order chi connectivity index (χ1) is 16.1. The maximum absolute atomic E-state index is 12.8. The standard InChI is InChI=1S/C20H17F3N6O4S/c1-11-7-14(27-33-11)8-24-17(30)16-12(2)26-18(34-16)28-10-25-29(19(28)31)9-13-3-5-15(6-4-13)32-20(21,22)23/h3-7,10H,8-9H2,1-2H3,(H,24,30). The molecule has 0 saturated carbocycles. The minimum absolute atomic E-state index is 0.0208. The maximum atomic E-state index is 12.8. The van der Waals surface area contributed by atoms with Crippen LogP contribution in [0.2, 0.25) is 0 Å². The monoisotopic (exact) mass is 494 g/mol. The molecule has 4 rings (SSSR count). The minimum Gasteiger partial charge on any atom is -0.406 e. The number of aromatic nitrogens is 5. The molecular weight excluding hydrogens is 477 g/mol. The van der Waals surface area contributed by atoms with Crippen LogP contribution in [-0.2, 0) is 13.1 Å². The number of nitrogens with one attached hydrogen (secondary N) is 1. The molecule has 0 bridgehead atoms. The van der Waals surface area contributed by atoms with Crippen LogP contribution in [0.4, 0.5) is 13.2 Å². The van der Waals surface area contributed by atoms with E-state index in [9.17, 15) is 22.8 Å². The van der Waals surface area contributed by atoms with Crippen molar-refractivity contribution in [1.82, 2.24) is 29.8 Å². The zero-order valence-corrected chi connectivity index (χ0v) is 18.6. The van der Waals surface area contributed by atoms with Gasteiger partial charge in [-0.3, -0.25) is 4.79 Å². The Morgan fingerprint density at radius 2 is 1.97 bits per heavy atom. The summed E-state index contributed by atoms with van der Waals surface area (Å²) in [5, 5.41) is 10.8. The summed E-state index contributed by atoms with van der Waals surface area (Å²) >= 11 is 1.02. The fraction of sp³-hybridized carbons (Fsp3) is 0.250. The Bertz CT molecular complexity index is 1370. The van der Waals surface area contributed by atoms with Gasteiger partial charge in [0.2, 0.25) is 0 Å². The molecule has 178 valence electrons. The molecule has 0 aliphatic carbocycles. The van der Waals surface area contributed by atoms with Gasteiger partial charge in [0, 0.05) is 6.07 Å². The number of ether oxygens (including phenoxy) is 1. The number of benzene rings is 1. The highest BCUT2D eigenvalue weighted by atomic mass is 32.1. The van der Waals surface area contributed by atoms with Crippen LogP contribution in [0.25, 0.3) is 5.13 Å². The van der Waals surface area contributed by atoms with E-state index in [1.807, 2.05) is 0 Å². The van der Waals surface area contributed by atoms with Gasteiger partial charge in [0.15, 0.2) is 5.13 Å². The van der Waals surface area contributed by atoms with E-state index in [0.29, 0.717) is 27.6 Å². The van der Waals surface area contributed by atoms with Crippen molar-refractivity contribution in [3.05, 3.63) is 74.7 Å². The SMILES string of the molecule is Cc1cc(CNC(=O)c2sc(-n3cnn(Cc4ccc(OC(F)(F)F)cc4)c3=O)nc2C)no1. The summed E-state index contributed by atoms with van der Waals surface area (Å²) in [7, 11) is 0. The van der Waals surface area contributed by atoms with Crippen molar-refractivity contribution in [3.8, 4) is 10.9 Å². The quantitative estimate of drug-likeness (QED) is 0.420. The number of carbonyl (C=O) groups is 1. The lowest BCUT2D eigenvalue weighted by Gasteiger charge is -2.09. The predicted octanol–water partition coefficient (Wildman–Crippen LogP) is 2.97. The molecule has 10 nitrogen and oxygen atoms in total. The van der Waals surface area contributed by atoms with Crippen molar-refractivity contribution in [1.29, 1.82) is 0 Å². The third-order valence-electron chi connectivity index (χ3n) is 4.53. The number of halogens is 3. The van der Waals surface area contributed by atoms with Gasteiger partial charge in [-0.05, 0) is 31.5 Å².